The van der Waals surface area contributed by atoms with E-state index >= 15 is 0 Å². The van der Waals surface area contributed by atoms with Crippen molar-refractivity contribution in [2.24, 2.45) is 42.3 Å². The van der Waals surface area contributed by atoms with Gasteiger partial charge in [0.1, 0.15) is 0 Å². The molecule has 12 nitrogen and oxygen atoms in total. The van der Waals surface area contributed by atoms with E-state index in [1.807, 2.05) is 0 Å². The van der Waals surface area contributed by atoms with Gasteiger partial charge in [0.15, 0.2) is 0 Å². The first kappa shape index (κ1) is 74.3. The van der Waals surface area contributed by atoms with Crippen LogP contribution in [0.5, 0.6) is 0 Å². The molecular formula is C132H78N12. The van der Waals surface area contributed by atoms with E-state index in [1.54, 1.807) is 0 Å². The Hall–Kier alpha value is -18.8. The maximum atomic E-state index is 2.58. The van der Waals surface area contributed by atoms with E-state index in [4.69, 9.17) is 0 Å². The first-order valence-corrected chi connectivity index (χ1v) is 50.2. The minimum absolute atomic E-state index is 1.27. The van der Waals surface area contributed by atoms with Gasteiger partial charge in [-0.3, -0.25) is 0 Å². The third kappa shape index (κ3) is 8.29. The van der Waals surface area contributed by atoms with Gasteiger partial charge in [0.2, 0.25) is 0 Å². The van der Waals surface area contributed by atoms with Crippen molar-refractivity contribution in [3.8, 4) is 0 Å². The quantitative estimate of drug-likeness (QED) is 0.145. The SMILES string of the molecule is Cn1c2ccccc2c2c1ccc1c3cccc4c5cc6c(cc5n(c43)c12)c1cccc2c3ccc4c(c5ccccc5n4C)c3n6c12.Cn1c2ccccc2c2cc3c(cc21)c1cccc2c4cc5c(cc4n3c12)c1cccc2c3cc4c(cc3n5c21)c1ccccc1n4C.Cn1c2ccccc2c2ccc3c4cccc5c6cc7c(cc6n(c54)c3c21)c1cccc2c3ccc4c5ccccc5n(C)c4c3n7c12. The molecule has 0 bridgehead atoms. The van der Waals surface area contributed by atoms with Gasteiger partial charge in [-0.2, -0.15) is 0 Å². The Morgan fingerprint density at radius 3 is 0.549 bits per heavy atom. The summed E-state index contributed by atoms with van der Waals surface area (Å²) in [6.07, 6.45) is 0. The fourth-order valence-corrected chi connectivity index (χ4v) is 29.5. The van der Waals surface area contributed by atoms with Crippen LogP contribution in [0.3, 0.4) is 0 Å². The minimum Gasteiger partial charge on any atom is -0.344 e. The molecule has 0 atom stereocenters. The van der Waals surface area contributed by atoms with E-state index in [9.17, 15) is 0 Å². The van der Waals surface area contributed by atoms with Crippen molar-refractivity contribution >= 4 is 359 Å². The van der Waals surface area contributed by atoms with E-state index in [2.05, 4.69) is 460 Å². The lowest BCUT2D eigenvalue weighted by molar-refractivity contribution is 1.01. The number of hydrogen-bond acceptors (Lipinski definition) is 0. The normalized spacial score (nSPS) is 13.2. The Bertz CT molecular complexity index is 12300. The second kappa shape index (κ2) is 24.9. The van der Waals surface area contributed by atoms with Crippen LogP contribution in [-0.4, -0.2) is 53.8 Å². The maximum Gasteiger partial charge on any atom is 0.0785 e. The highest BCUT2D eigenvalue weighted by Gasteiger charge is 2.33. The zero-order valence-corrected chi connectivity index (χ0v) is 79.0. The highest BCUT2D eigenvalue weighted by Crippen LogP contribution is 2.55. The second-order valence-corrected chi connectivity index (χ2v) is 41.5. The minimum atomic E-state index is 1.27. The number of benzene rings is 21. The smallest absolute Gasteiger partial charge is 0.0785 e. The van der Waals surface area contributed by atoms with Gasteiger partial charge in [-0.25, -0.2) is 0 Å². The van der Waals surface area contributed by atoms with Crippen molar-refractivity contribution in [2.45, 2.75) is 0 Å². The monoisotopic (exact) mass is 1830 g/mol. The zero-order chi connectivity index (χ0) is 93.5. The van der Waals surface area contributed by atoms with Crippen molar-refractivity contribution < 1.29 is 0 Å². The summed E-state index contributed by atoms with van der Waals surface area (Å²) in [4.78, 5) is 0. The number of rotatable bonds is 0. The fraction of sp³-hybridized carbons (Fsp3) is 0.0455. The number of hydrogen-bond donors (Lipinski definition) is 0. The summed E-state index contributed by atoms with van der Waals surface area (Å²) in [6, 6.07) is 137. The molecule has 0 amide bonds. The summed E-state index contributed by atoms with van der Waals surface area (Å²) in [5, 5.41) is 47.3. The van der Waals surface area contributed by atoms with Gasteiger partial charge in [0.25, 0.3) is 0 Å². The molecule has 0 saturated heterocycles. The van der Waals surface area contributed by atoms with Crippen LogP contribution in [0.15, 0.2) is 364 Å². The first-order valence-electron chi connectivity index (χ1n) is 50.2. The van der Waals surface area contributed by atoms with Gasteiger partial charge in [-0.15, -0.1) is 0 Å². The van der Waals surface area contributed by atoms with E-state index in [-0.39, 0.29) is 0 Å². The third-order valence-electron chi connectivity index (χ3n) is 35.5. The highest BCUT2D eigenvalue weighted by atomic mass is 15.0. The zero-order valence-electron chi connectivity index (χ0n) is 79.0. The lowest BCUT2D eigenvalue weighted by Gasteiger charge is -2.05. The van der Waals surface area contributed by atoms with Crippen molar-refractivity contribution in [1.82, 2.24) is 53.8 Å². The number of aromatic nitrogens is 12. The average Bonchev–Trinajstić information content (AvgIpc) is 1.50. The Labute approximate surface area is 813 Å². The summed E-state index contributed by atoms with van der Waals surface area (Å²) in [5.41, 5.74) is 38.6. The van der Waals surface area contributed by atoms with Crippen LogP contribution >= 0.6 is 0 Å². The molecule has 0 unspecified atom stereocenters. The van der Waals surface area contributed by atoms with Crippen LogP contribution in [-0.2, 0) is 42.3 Å². The molecule has 12 heteroatoms. The van der Waals surface area contributed by atoms with Crippen molar-refractivity contribution in [1.29, 1.82) is 0 Å². The van der Waals surface area contributed by atoms with E-state index in [0.29, 0.717) is 0 Å². The maximum absolute atomic E-state index is 2.58. The molecule has 0 fully saturated rings. The molecule has 0 saturated carbocycles. The van der Waals surface area contributed by atoms with E-state index < -0.39 is 0 Å². The standard InChI is InChI=1S/3C44H26N4/c1-45-35-15-5-3-9-23(35)29-19-39-31(17-37(29)45)25-11-7-13-27-33-22-42-34(21-41(33)47(39)43(25)27)28-14-8-12-26-32-18-38-30(20-40(32)48(42)44(26)28)24-10-4-6-16-36(24)46(38)2;1-45-33-15-5-3-9-29(33)39-35(45)19-17-27-23-11-7-13-25-31-22-38-32(21-37(31)47(41(23)25)43(27)39)26-14-8-12-24-28-18-20-36-40(44(28)48(38)42(24)26)30-10-4-6-16-34(30)46(36)2;1-45-35-15-5-3-9-23(35)29-17-19-31-25-11-7-13-27-33-22-38-34(21-37(33)47(39(25)27)43(31)41(29)45)28-14-8-12-26-32-20-18-30-24-10-4-6-16-36(24)46(2)42(30)44(32)48(38)40(26)28/h3*3-22H,1-2H3. The third-order valence-corrected chi connectivity index (χ3v) is 35.5. The number of fused-ring (bicyclic) bond motifs is 58. The lowest BCUT2D eigenvalue weighted by Crippen LogP contribution is -1.91. The molecule has 39 rings (SSSR count). The Morgan fingerprint density at radius 1 is 0.0972 bits per heavy atom. The van der Waals surface area contributed by atoms with E-state index in [0.717, 1.165) is 0 Å². The molecule has 18 heterocycles. The number of nitrogens with zero attached hydrogens (tertiary/aromatic N) is 12. The molecule has 666 valence electrons. The summed E-state index contributed by atoms with van der Waals surface area (Å²) >= 11 is 0. The van der Waals surface area contributed by atoms with Crippen LogP contribution in [0.2, 0.25) is 0 Å². The molecule has 0 aliphatic rings. The second-order valence-electron chi connectivity index (χ2n) is 41.5. The molecule has 0 radical (unpaired) electrons. The summed E-state index contributed by atoms with van der Waals surface area (Å²) < 4.78 is 29.6. The molecule has 144 heavy (non-hydrogen) atoms. The summed E-state index contributed by atoms with van der Waals surface area (Å²) in [5.74, 6) is 0. The Kier molecular flexibility index (Phi) is 12.9. The summed E-state index contributed by atoms with van der Waals surface area (Å²) in [7, 11) is 13.2. The average molecular weight is 1830 g/mol. The molecule has 21 aromatic carbocycles. The van der Waals surface area contributed by atoms with Gasteiger partial charge in [-0.05, 0) is 109 Å². The topological polar surface area (TPSA) is 56.0 Å². The summed E-state index contributed by atoms with van der Waals surface area (Å²) in [6.45, 7) is 0. The number of para-hydroxylation sites is 12. The Balaban J connectivity index is 0.0000000888. The Morgan fingerprint density at radius 2 is 0.264 bits per heavy atom. The number of aryl methyl sites for hydroxylation is 6. The molecule has 0 spiro atoms. The van der Waals surface area contributed by atoms with Gasteiger partial charge >= 0.3 is 0 Å². The van der Waals surface area contributed by atoms with Crippen molar-refractivity contribution in [2.75, 3.05) is 0 Å². The van der Waals surface area contributed by atoms with Crippen LogP contribution < -0.4 is 0 Å². The molecule has 0 aliphatic carbocycles. The van der Waals surface area contributed by atoms with Crippen LogP contribution in [0.25, 0.3) is 359 Å². The first-order chi connectivity index (χ1) is 71.0. The van der Waals surface area contributed by atoms with Crippen LogP contribution in [0.4, 0.5) is 0 Å². The van der Waals surface area contributed by atoms with Crippen LogP contribution in [0.1, 0.15) is 0 Å². The molecule has 18 aromatic heterocycles. The lowest BCUT2D eigenvalue weighted by atomic mass is 10.0. The van der Waals surface area contributed by atoms with Gasteiger partial charge < -0.3 is 53.8 Å². The van der Waals surface area contributed by atoms with E-state index in [1.165, 1.54) is 359 Å². The predicted molar refractivity (Wildman–Crippen MR) is 611 cm³/mol. The highest BCUT2D eigenvalue weighted by molar-refractivity contribution is 6.40. The van der Waals surface area contributed by atoms with Gasteiger partial charge in [0, 0.05) is 280 Å². The van der Waals surface area contributed by atoms with Gasteiger partial charge in [0.05, 0.1) is 121 Å². The molecule has 0 N–H and O–H groups in total. The van der Waals surface area contributed by atoms with Crippen molar-refractivity contribution in [3.05, 3.63) is 364 Å². The predicted octanol–water partition coefficient (Wildman–Crippen LogP) is 33.8. The molecule has 0 aliphatic heterocycles. The largest absolute Gasteiger partial charge is 0.344 e. The molecule has 39 aromatic rings. The fourth-order valence-electron chi connectivity index (χ4n) is 29.5. The van der Waals surface area contributed by atoms with Gasteiger partial charge in [-0.1, -0.05) is 255 Å². The van der Waals surface area contributed by atoms with Crippen molar-refractivity contribution in [3.63, 3.8) is 0 Å². The van der Waals surface area contributed by atoms with Crippen LogP contribution in [0, 0.1) is 0 Å². The molecular weight excluding hydrogens is 1750 g/mol.